The summed E-state index contributed by atoms with van der Waals surface area (Å²) in [6, 6.07) is 28.9. The lowest BCUT2D eigenvalue weighted by atomic mass is 9.92. The van der Waals surface area contributed by atoms with Gasteiger partial charge in [-0.3, -0.25) is 0 Å². The van der Waals surface area contributed by atoms with Crippen LogP contribution in [0.3, 0.4) is 0 Å². The Morgan fingerprint density at radius 3 is 2.44 bits per heavy atom. The second-order valence-electron chi connectivity index (χ2n) is 8.66. The van der Waals surface area contributed by atoms with E-state index in [4.69, 9.17) is 4.74 Å². The highest BCUT2D eigenvalue weighted by Crippen LogP contribution is 2.47. The molecule has 6 aromatic rings. The van der Waals surface area contributed by atoms with Crippen LogP contribution in [-0.4, -0.2) is 6.61 Å². The van der Waals surface area contributed by atoms with Crippen molar-refractivity contribution in [3.63, 3.8) is 0 Å². The van der Waals surface area contributed by atoms with Gasteiger partial charge in [0.1, 0.15) is 5.75 Å². The largest absolute Gasteiger partial charge is 0.494 e. The number of hydrogen-bond donors (Lipinski definition) is 0. The first-order chi connectivity index (χ1) is 15.8. The topological polar surface area (TPSA) is 9.23 Å². The number of hydrogen-bond acceptors (Lipinski definition) is 2. The summed E-state index contributed by atoms with van der Waals surface area (Å²) < 4.78 is 8.75. The molecule has 1 aromatic heterocycles. The third-order valence-corrected chi connectivity index (χ3v) is 7.73. The van der Waals surface area contributed by atoms with Crippen molar-refractivity contribution in [1.82, 2.24) is 0 Å². The van der Waals surface area contributed by atoms with E-state index >= 15 is 0 Å². The van der Waals surface area contributed by atoms with Gasteiger partial charge < -0.3 is 4.74 Å². The van der Waals surface area contributed by atoms with Crippen LogP contribution in [-0.2, 0) is 0 Å². The van der Waals surface area contributed by atoms with Crippen molar-refractivity contribution in [2.24, 2.45) is 0 Å². The second kappa shape index (κ2) is 8.11. The fraction of sp³-hybridized carbons (Fsp3) is 0.200. The van der Waals surface area contributed by atoms with Gasteiger partial charge in [0, 0.05) is 20.2 Å². The Balaban J connectivity index is 1.45. The van der Waals surface area contributed by atoms with Crippen LogP contribution in [0.25, 0.3) is 52.8 Å². The summed E-state index contributed by atoms with van der Waals surface area (Å²) in [6.07, 6.45) is 4.91. The molecular formula is C30H26OS. The SMILES string of the molecule is CCCCCCOc1ccc(-c2cc3cc4ccccc4c4sc5cccc2c5c34)cc1. The zero-order chi connectivity index (χ0) is 21.5. The minimum absolute atomic E-state index is 0.800. The number of ether oxygens (including phenoxy) is 1. The normalized spacial score (nSPS) is 11.9. The Labute approximate surface area is 192 Å². The molecule has 0 aliphatic rings. The molecule has 0 fully saturated rings. The molecule has 0 N–H and O–H groups in total. The summed E-state index contributed by atoms with van der Waals surface area (Å²) in [7, 11) is 0. The monoisotopic (exact) mass is 434 g/mol. The van der Waals surface area contributed by atoms with Gasteiger partial charge in [-0.15, -0.1) is 11.3 Å². The van der Waals surface area contributed by atoms with Gasteiger partial charge in [0.2, 0.25) is 0 Å². The molecule has 1 nitrogen and oxygen atoms in total. The van der Waals surface area contributed by atoms with Gasteiger partial charge in [0.05, 0.1) is 6.61 Å². The van der Waals surface area contributed by atoms with Gasteiger partial charge in [-0.1, -0.05) is 74.7 Å². The highest BCUT2D eigenvalue weighted by molar-refractivity contribution is 7.27. The highest BCUT2D eigenvalue weighted by Gasteiger charge is 2.17. The maximum absolute atomic E-state index is 5.97. The van der Waals surface area contributed by atoms with Gasteiger partial charge in [0.15, 0.2) is 0 Å². The number of benzene rings is 5. The fourth-order valence-electron chi connectivity index (χ4n) is 4.94. The Morgan fingerprint density at radius 2 is 1.56 bits per heavy atom. The summed E-state index contributed by atoms with van der Waals surface area (Å²) >= 11 is 1.92. The first-order valence-corrected chi connectivity index (χ1v) is 12.5. The predicted molar refractivity (Wildman–Crippen MR) is 141 cm³/mol. The summed E-state index contributed by atoms with van der Waals surface area (Å²) in [5.74, 6) is 0.962. The van der Waals surface area contributed by atoms with Crippen LogP contribution in [0.2, 0.25) is 0 Å². The zero-order valence-corrected chi connectivity index (χ0v) is 19.2. The Hall–Kier alpha value is -3.10. The molecular weight excluding hydrogens is 408 g/mol. The van der Waals surface area contributed by atoms with E-state index in [-0.39, 0.29) is 0 Å². The van der Waals surface area contributed by atoms with Crippen LogP contribution in [0.5, 0.6) is 5.75 Å². The molecule has 0 aliphatic heterocycles. The van der Waals surface area contributed by atoms with Crippen molar-refractivity contribution in [3.05, 3.63) is 78.9 Å². The van der Waals surface area contributed by atoms with E-state index in [0.717, 1.165) is 18.8 Å². The van der Waals surface area contributed by atoms with Crippen molar-refractivity contribution in [3.8, 4) is 16.9 Å². The van der Waals surface area contributed by atoms with Crippen molar-refractivity contribution >= 4 is 53.1 Å². The van der Waals surface area contributed by atoms with Crippen molar-refractivity contribution in [1.29, 1.82) is 0 Å². The number of rotatable bonds is 7. The molecule has 6 rings (SSSR count). The van der Waals surface area contributed by atoms with Crippen molar-refractivity contribution in [2.75, 3.05) is 6.61 Å². The lowest BCUT2D eigenvalue weighted by molar-refractivity contribution is 0.305. The summed E-state index contributed by atoms with van der Waals surface area (Å²) in [5.41, 5.74) is 2.54. The molecule has 0 bridgehead atoms. The Morgan fingerprint density at radius 1 is 0.719 bits per heavy atom. The molecule has 1 heterocycles. The standard InChI is InChI=1S/C30H26OS/c1-2-3-4-7-17-31-23-15-13-20(14-16-23)26-19-22-18-21-9-5-6-10-24(21)30-28(22)29-25(26)11-8-12-27(29)32-30/h5-6,8-16,18-19H,2-4,7,17H2,1H3. The fourth-order valence-corrected chi connectivity index (χ4v) is 6.24. The van der Waals surface area contributed by atoms with E-state index in [9.17, 15) is 0 Å². The molecule has 32 heavy (non-hydrogen) atoms. The highest BCUT2D eigenvalue weighted by atomic mass is 32.1. The van der Waals surface area contributed by atoms with Gasteiger partial charge >= 0.3 is 0 Å². The predicted octanol–water partition coefficient (Wildman–Crippen LogP) is 9.42. The van der Waals surface area contributed by atoms with Gasteiger partial charge in [-0.2, -0.15) is 0 Å². The Kier molecular flexibility index (Phi) is 4.96. The summed E-state index contributed by atoms with van der Waals surface area (Å²) in [4.78, 5) is 0. The van der Waals surface area contributed by atoms with Gasteiger partial charge in [0.25, 0.3) is 0 Å². The van der Waals surface area contributed by atoms with E-state index in [1.54, 1.807) is 0 Å². The summed E-state index contributed by atoms with van der Waals surface area (Å²) in [5, 5.41) is 8.15. The van der Waals surface area contributed by atoms with Crippen molar-refractivity contribution < 1.29 is 4.74 Å². The molecule has 0 aliphatic carbocycles. The molecule has 158 valence electrons. The minimum atomic E-state index is 0.800. The van der Waals surface area contributed by atoms with Gasteiger partial charge in [-0.25, -0.2) is 0 Å². The van der Waals surface area contributed by atoms with E-state index in [1.807, 2.05) is 11.3 Å². The number of unbranched alkanes of at least 4 members (excludes halogenated alkanes) is 3. The average Bonchev–Trinajstić information content (AvgIpc) is 3.24. The first-order valence-electron chi connectivity index (χ1n) is 11.7. The lowest BCUT2D eigenvalue weighted by Gasteiger charge is -2.12. The molecule has 0 unspecified atom stereocenters. The molecule has 0 atom stereocenters. The van der Waals surface area contributed by atoms with E-state index in [2.05, 4.69) is 85.8 Å². The molecule has 0 saturated heterocycles. The molecule has 2 heteroatoms. The van der Waals surface area contributed by atoms with Crippen molar-refractivity contribution in [2.45, 2.75) is 32.6 Å². The minimum Gasteiger partial charge on any atom is -0.494 e. The van der Waals surface area contributed by atoms with Gasteiger partial charge in [-0.05, 0) is 69.4 Å². The quantitative estimate of drug-likeness (QED) is 0.138. The average molecular weight is 435 g/mol. The van der Waals surface area contributed by atoms with Crippen LogP contribution in [0.4, 0.5) is 0 Å². The Bertz CT molecular complexity index is 1520. The molecule has 0 saturated carbocycles. The van der Waals surface area contributed by atoms with E-state index < -0.39 is 0 Å². The number of thiophene rings is 1. The van der Waals surface area contributed by atoms with E-state index in [1.165, 1.54) is 72.1 Å². The van der Waals surface area contributed by atoms with Crippen LogP contribution in [0.1, 0.15) is 32.6 Å². The third kappa shape index (κ3) is 3.22. The second-order valence-corrected chi connectivity index (χ2v) is 9.72. The molecule has 0 radical (unpaired) electrons. The maximum Gasteiger partial charge on any atom is 0.119 e. The number of fused-ring (bicyclic) bond motifs is 2. The van der Waals surface area contributed by atoms with Crippen LogP contribution < -0.4 is 4.74 Å². The van der Waals surface area contributed by atoms with Crippen LogP contribution >= 0.6 is 11.3 Å². The van der Waals surface area contributed by atoms with Crippen LogP contribution in [0.15, 0.2) is 78.9 Å². The first kappa shape index (κ1) is 19.6. The zero-order valence-electron chi connectivity index (χ0n) is 18.4. The molecule has 5 aromatic carbocycles. The molecule has 0 amide bonds. The third-order valence-electron chi connectivity index (χ3n) is 6.54. The van der Waals surface area contributed by atoms with E-state index in [0.29, 0.717) is 0 Å². The summed E-state index contributed by atoms with van der Waals surface area (Å²) in [6.45, 7) is 3.04. The molecule has 0 spiro atoms. The smallest absolute Gasteiger partial charge is 0.119 e. The lowest BCUT2D eigenvalue weighted by Crippen LogP contribution is -1.97. The van der Waals surface area contributed by atoms with Crippen LogP contribution in [0, 0.1) is 0 Å². The maximum atomic E-state index is 5.97.